The number of anilines is 1. The van der Waals surface area contributed by atoms with E-state index in [0.717, 1.165) is 12.8 Å². The second-order valence-electron chi connectivity index (χ2n) is 8.30. The number of aromatic nitrogens is 6. The molecule has 0 aromatic carbocycles. The van der Waals surface area contributed by atoms with Gasteiger partial charge in [-0.2, -0.15) is 10.2 Å². The van der Waals surface area contributed by atoms with Crippen molar-refractivity contribution in [2.75, 3.05) is 11.9 Å². The van der Waals surface area contributed by atoms with E-state index in [4.69, 9.17) is 19.6 Å². The zero-order valence-electron chi connectivity index (χ0n) is 19.7. The third-order valence-electron chi connectivity index (χ3n) is 5.71. The van der Waals surface area contributed by atoms with Crippen LogP contribution in [0, 0.1) is 0 Å². The number of hydrogen-bond acceptors (Lipinski definition) is 9. The zero-order chi connectivity index (χ0) is 26.0. The minimum absolute atomic E-state index is 0.182. The number of pyridine rings is 1. The largest absolute Gasteiger partial charge is 0.471 e. The van der Waals surface area contributed by atoms with Gasteiger partial charge in [-0.3, -0.25) is 19.0 Å². The Morgan fingerprint density at radius 1 is 1.30 bits per heavy atom. The van der Waals surface area contributed by atoms with E-state index in [9.17, 15) is 9.36 Å². The van der Waals surface area contributed by atoms with Crippen LogP contribution in [-0.4, -0.2) is 57.9 Å². The molecule has 4 aromatic heterocycles. The molecule has 1 saturated carbocycles. The van der Waals surface area contributed by atoms with Gasteiger partial charge in [0, 0.05) is 36.1 Å². The van der Waals surface area contributed by atoms with Crippen LogP contribution in [0.4, 0.5) is 5.69 Å². The van der Waals surface area contributed by atoms with Crippen molar-refractivity contribution in [3.8, 4) is 22.0 Å². The first kappa shape index (κ1) is 25.4. The summed E-state index contributed by atoms with van der Waals surface area (Å²) in [5.41, 5.74) is 2.52. The number of phosphoric acid groups is 1. The number of carbonyl (C=O) groups is 1. The third kappa shape index (κ3) is 6.01. The number of nitrogens with zero attached hydrogens (tertiary/aromatic N) is 6. The van der Waals surface area contributed by atoms with Gasteiger partial charge in [0.25, 0.3) is 5.91 Å². The Labute approximate surface area is 215 Å². The van der Waals surface area contributed by atoms with Crippen molar-refractivity contribution < 1.29 is 28.4 Å². The molecule has 194 valence electrons. The van der Waals surface area contributed by atoms with Crippen LogP contribution >= 0.6 is 19.2 Å². The van der Waals surface area contributed by atoms with Crippen LogP contribution in [0.25, 0.3) is 22.0 Å². The maximum absolute atomic E-state index is 13.1. The average Bonchev–Trinajstić information content (AvgIpc) is 3.59. The molecule has 1 fully saturated rings. The van der Waals surface area contributed by atoms with Crippen LogP contribution in [0.3, 0.4) is 0 Å². The van der Waals surface area contributed by atoms with Gasteiger partial charge < -0.3 is 19.8 Å². The molecule has 0 aliphatic heterocycles. The Bertz CT molecular complexity index is 1430. The maximum atomic E-state index is 13.1. The van der Waals surface area contributed by atoms with Crippen molar-refractivity contribution in [1.29, 1.82) is 0 Å². The van der Waals surface area contributed by atoms with Gasteiger partial charge in [-0.25, -0.2) is 14.2 Å². The predicted octanol–water partition coefficient (Wildman–Crippen LogP) is 3.32. The van der Waals surface area contributed by atoms with E-state index in [-0.39, 0.29) is 17.8 Å². The van der Waals surface area contributed by atoms with Gasteiger partial charge in [0.15, 0.2) is 6.73 Å². The lowest BCUT2D eigenvalue weighted by atomic mass is 9.89. The van der Waals surface area contributed by atoms with Gasteiger partial charge in [0.05, 0.1) is 29.7 Å². The zero-order valence-corrected chi connectivity index (χ0v) is 21.4. The Morgan fingerprint density at radius 3 is 2.86 bits per heavy atom. The van der Waals surface area contributed by atoms with E-state index in [2.05, 4.69) is 24.9 Å². The summed E-state index contributed by atoms with van der Waals surface area (Å²) < 4.78 is 24.1. The van der Waals surface area contributed by atoms with Crippen LogP contribution < -0.4 is 5.32 Å². The van der Waals surface area contributed by atoms with Crippen LogP contribution in [0.15, 0.2) is 48.4 Å². The van der Waals surface area contributed by atoms with Gasteiger partial charge in [-0.05, 0) is 31.9 Å². The van der Waals surface area contributed by atoms with Crippen molar-refractivity contribution in [3.63, 3.8) is 0 Å². The van der Waals surface area contributed by atoms with Crippen molar-refractivity contribution in [2.45, 2.75) is 38.6 Å². The highest BCUT2D eigenvalue weighted by Crippen LogP contribution is 2.37. The topological polar surface area (TPSA) is 167 Å². The summed E-state index contributed by atoms with van der Waals surface area (Å²) in [7, 11) is -4.62. The summed E-state index contributed by atoms with van der Waals surface area (Å²) in [6.07, 6.45) is 8.41. The van der Waals surface area contributed by atoms with Crippen molar-refractivity contribution in [3.05, 3.63) is 54.1 Å². The lowest BCUT2D eigenvalue weighted by Crippen LogP contribution is -2.33. The van der Waals surface area contributed by atoms with Crippen LogP contribution in [-0.2, 0) is 20.6 Å². The Morgan fingerprint density at radius 2 is 2.14 bits per heavy atom. The summed E-state index contributed by atoms with van der Waals surface area (Å²) in [6, 6.07) is 5.69. The number of phosphoric ester groups is 1. The molecule has 4 aromatic rings. The smallest absolute Gasteiger partial charge is 0.378 e. The molecule has 0 spiro atoms. The standard InChI is InChI=1S/C22H24N7O6PS/c1-2-34-16-7-15(8-16)29-11-18(20(27-29)17-5-3-4-6-23-17)25-21(30)19-12-37-22(26-19)14-9-24-28(10-14)13-35-36(31,32)33/h3-6,9-12,15-16H,2,7-8,13H2,1H3,(H,25,30)(H2,31,32,33)/t15-,16+. The fourth-order valence-corrected chi connectivity index (χ4v) is 4.91. The minimum atomic E-state index is -4.62. The Balaban J connectivity index is 1.32. The quantitative estimate of drug-likeness (QED) is 0.252. The molecular weight excluding hydrogens is 521 g/mol. The Hall–Kier alpha value is -3.26. The number of nitrogens with one attached hydrogen (secondary N) is 1. The van der Waals surface area contributed by atoms with E-state index in [1.165, 1.54) is 28.4 Å². The van der Waals surface area contributed by atoms with Gasteiger partial charge in [0.2, 0.25) is 0 Å². The molecule has 37 heavy (non-hydrogen) atoms. The summed E-state index contributed by atoms with van der Waals surface area (Å²) >= 11 is 1.24. The van der Waals surface area contributed by atoms with E-state index in [1.54, 1.807) is 11.6 Å². The van der Waals surface area contributed by atoms with Gasteiger partial charge >= 0.3 is 7.82 Å². The van der Waals surface area contributed by atoms with Crippen molar-refractivity contribution in [2.24, 2.45) is 0 Å². The predicted molar refractivity (Wildman–Crippen MR) is 134 cm³/mol. The van der Waals surface area contributed by atoms with Crippen LogP contribution in [0.1, 0.15) is 36.3 Å². The molecule has 0 atom stereocenters. The second kappa shape index (κ2) is 10.6. The molecule has 1 amide bonds. The van der Waals surface area contributed by atoms with Gasteiger partial charge in [-0.15, -0.1) is 11.3 Å². The van der Waals surface area contributed by atoms with Crippen molar-refractivity contribution in [1.82, 2.24) is 29.5 Å². The number of ether oxygens (including phenoxy) is 1. The summed E-state index contributed by atoms with van der Waals surface area (Å²) in [5.74, 6) is -0.405. The second-order valence-corrected chi connectivity index (χ2v) is 10.4. The molecular formula is C22H24N7O6PS. The van der Waals surface area contributed by atoms with Gasteiger partial charge in [-0.1, -0.05) is 6.07 Å². The molecule has 4 heterocycles. The fraction of sp³-hybridized carbons (Fsp3) is 0.318. The first-order valence-corrected chi connectivity index (χ1v) is 13.8. The highest BCUT2D eigenvalue weighted by Gasteiger charge is 2.32. The number of carbonyl (C=O) groups excluding carboxylic acids is 1. The lowest BCUT2D eigenvalue weighted by molar-refractivity contribution is -0.0226. The van der Waals surface area contributed by atoms with E-state index >= 15 is 0 Å². The van der Waals surface area contributed by atoms with Gasteiger partial charge in [0.1, 0.15) is 16.4 Å². The maximum Gasteiger partial charge on any atom is 0.471 e. The summed E-state index contributed by atoms with van der Waals surface area (Å²) in [4.78, 5) is 39.6. The number of hydrogen-bond donors (Lipinski definition) is 3. The van der Waals surface area contributed by atoms with Crippen molar-refractivity contribution >= 4 is 30.8 Å². The minimum Gasteiger partial charge on any atom is -0.378 e. The molecule has 1 aliphatic carbocycles. The van der Waals surface area contributed by atoms with E-state index in [1.807, 2.05) is 36.0 Å². The first-order valence-electron chi connectivity index (χ1n) is 11.4. The van der Waals surface area contributed by atoms with Crippen LogP contribution in [0.5, 0.6) is 0 Å². The lowest BCUT2D eigenvalue weighted by Gasteiger charge is -2.34. The highest BCUT2D eigenvalue weighted by molar-refractivity contribution is 7.46. The first-order chi connectivity index (χ1) is 17.8. The molecule has 5 rings (SSSR count). The van der Waals surface area contributed by atoms with E-state index < -0.39 is 20.5 Å². The molecule has 0 unspecified atom stereocenters. The molecule has 0 saturated heterocycles. The molecule has 0 radical (unpaired) electrons. The average molecular weight is 546 g/mol. The third-order valence-corrected chi connectivity index (χ3v) is 7.05. The van der Waals surface area contributed by atoms with E-state index in [0.29, 0.717) is 34.3 Å². The number of amides is 1. The monoisotopic (exact) mass is 545 g/mol. The molecule has 1 aliphatic rings. The Kier molecular flexibility index (Phi) is 7.29. The number of rotatable bonds is 10. The molecule has 15 heteroatoms. The summed E-state index contributed by atoms with van der Waals surface area (Å²) in [6.45, 7) is 2.23. The SMILES string of the molecule is CCO[C@H]1C[C@@H](n2cc(NC(=O)c3csc(-c4cnn(COP(=O)(O)O)c4)n3)c(-c3ccccn3)n2)C1. The highest BCUT2D eigenvalue weighted by atomic mass is 32.1. The fourth-order valence-electron chi connectivity index (χ4n) is 3.86. The molecule has 13 nitrogen and oxygen atoms in total. The summed E-state index contributed by atoms with van der Waals surface area (Å²) in [5, 5.41) is 13.8. The molecule has 0 bridgehead atoms. The number of thiazole rings is 1. The molecule has 3 N–H and O–H groups in total. The normalized spacial score (nSPS) is 17.5. The van der Waals surface area contributed by atoms with Crippen LogP contribution in [0.2, 0.25) is 0 Å².